The lowest BCUT2D eigenvalue weighted by atomic mass is 10.1. The van der Waals surface area contributed by atoms with Gasteiger partial charge in [-0.05, 0) is 30.5 Å². The zero-order valence-electron chi connectivity index (χ0n) is 10.1. The number of nitrogens with zero attached hydrogens (tertiary/aromatic N) is 2. The molecule has 0 radical (unpaired) electrons. The summed E-state index contributed by atoms with van der Waals surface area (Å²) in [6.07, 6.45) is 6.90. The van der Waals surface area contributed by atoms with Crippen LogP contribution in [0, 0.1) is 0 Å². The van der Waals surface area contributed by atoms with Gasteiger partial charge in [0, 0.05) is 10.5 Å². The third-order valence-electron chi connectivity index (χ3n) is 3.66. The predicted molar refractivity (Wildman–Crippen MR) is 77.3 cm³/mol. The van der Waals surface area contributed by atoms with Crippen molar-refractivity contribution in [3.05, 3.63) is 34.9 Å². The standard InChI is InChI=1S/C14H16BrN3/c15-11-7-5-10(6-8-11)13-9-17-14(16)18(13)12-3-1-2-4-12/h5-9,12H,1-4H2,(H2,16,17). The predicted octanol–water partition coefficient (Wildman–Crippen LogP) is 4.01. The van der Waals surface area contributed by atoms with Gasteiger partial charge in [-0.1, -0.05) is 40.9 Å². The van der Waals surface area contributed by atoms with Crippen LogP contribution in [0.15, 0.2) is 34.9 Å². The zero-order chi connectivity index (χ0) is 12.5. The summed E-state index contributed by atoms with van der Waals surface area (Å²) in [7, 11) is 0. The summed E-state index contributed by atoms with van der Waals surface area (Å²) in [6.45, 7) is 0. The van der Waals surface area contributed by atoms with Gasteiger partial charge in [0.05, 0.1) is 11.9 Å². The van der Waals surface area contributed by atoms with E-state index in [0.717, 1.165) is 10.2 Å². The van der Waals surface area contributed by atoms with Crippen LogP contribution in [0.5, 0.6) is 0 Å². The van der Waals surface area contributed by atoms with Crippen LogP contribution >= 0.6 is 15.9 Å². The molecule has 94 valence electrons. The molecule has 0 saturated heterocycles. The number of aromatic nitrogens is 2. The molecule has 0 spiro atoms. The Morgan fingerprint density at radius 2 is 1.83 bits per heavy atom. The molecule has 2 N–H and O–H groups in total. The Morgan fingerprint density at radius 1 is 1.17 bits per heavy atom. The van der Waals surface area contributed by atoms with Crippen molar-refractivity contribution in [2.75, 3.05) is 5.73 Å². The summed E-state index contributed by atoms with van der Waals surface area (Å²) < 4.78 is 3.29. The Morgan fingerprint density at radius 3 is 2.50 bits per heavy atom. The van der Waals surface area contributed by atoms with Gasteiger partial charge < -0.3 is 10.3 Å². The molecule has 1 aliphatic rings. The highest BCUT2D eigenvalue weighted by Gasteiger charge is 2.22. The lowest BCUT2D eigenvalue weighted by Crippen LogP contribution is -2.10. The van der Waals surface area contributed by atoms with Gasteiger partial charge in [0.2, 0.25) is 5.95 Å². The molecule has 2 aromatic rings. The normalized spacial score (nSPS) is 16.3. The molecule has 3 nitrogen and oxygen atoms in total. The molecule has 1 aromatic carbocycles. The second kappa shape index (κ2) is 4.76. The summed E-state index contributed by atoms with van der Waals surface area (Å²) >= 11 is 3.46. The van der Waals surface area contributed by atoms with E-state index in [1.165, 1.54) is 31.2 Å². The molecule has 1 aromatic heterocycles. The van der Waals surface area contributed by atoms with E-state index < -0.39 is 0 Å². The van der Waals surface area contributed by atoms with Gasteiger partial charge in [-0.3, -0.25) is 0 Å². The first-order valence-electron chi connectivity index (χ1n) is 6.34. The van der Waals surface area contributed by atoms with E-state index >= 15 is 0 Å². The van der Waals surface area contributed by atoms with Crippen molar-refractivity contribution in [3.8, 4) is 11.3 Å². The molecule has 1 fully saturated rings. The molecule has 1 saturated carbocycles. The highest BCUT2D eigenvalue weighted by Crippen LogP contribution is 2.35. The largest absolute Gasteiger partial charge is 0.369 e. The number of anilines is 1. The van der Waals surface area contributed by atoms with Crippen LogP contribution in [0.3, 0.4) is 0 Å². The maximum atomic E-state index is 6.03. The van der Waals surface area contributed by atoms with Crippen LogP contribution < -0.4 is 5.73 Å². The van der Waals surface area contributed by atoms with E-state index in [1.807, 2.05) is 6.20 Å². The molecule has 0 amide bonds. The van der Waals surface area contributed by atoms with E-state index in [-0.39, 0.29) is 0 Å². The number of rotatable bonds is 2. The second-order valence-electron chi connectivity index (χ2n) is 4.82. The van der Waals surface area contributed by atoms with Crippen molar-refractivity contribution < 1.29 is 0 Å². The third-order valence-corrected chi connectivity index (χ3v) is 4.18. The van der Waals surface area contributed by atoms with Crippen LogP contribution in [0.25, 0.3) is 11.3 Å². The van der Waals surface area contributed by atoms with E-state index in [9.17, 15) is 0 Å². The van der Waals surface area contributed by atoms with E-state index in [4.69, 9.17) is 5.73 Å². The van der Waals surface area contributed by atoms with Gasteiger partial charge in [-0.25, -0.2) is 4.98 Å². The van der Waals surface area contributed by atoms with Crippen molar-refractivity contribution in [1.29, 1.82) is 0 Å². The van der Waals surface area contributed by atoms with Crippen molar-refractivity contribution in [3.63, 3.8) is 0 Å². The van der Waals surface area contributed by atoms with Crippen LogP contribution in [-0.2, 0) is 0 Å². The maximum absolute atomic E-state index is 6.03. The fourth-order valence-corrected chi connectivity index (χ4v) is 3.02. The summed E-state index contributed by atoms with van der Waals surface area (Å²) in [6, 6.07) is 8.83. The topological polar surface area (TPSA) is 43.8 Å². The first kappa shape index (κ1) is 11.8. The quantitative estimate of drug-likeness (QED) is 0.911. The van der Waals surface area contributed by atoms with Gasteiger partial charge in [-0.2, -0.15) is 0 Å². The lowest BCUT2D eigenvalue weighted by Gasteiger charge is -2.17. The molecule has 1 heterocycles. The SMILES string of the molecule is Nc1ncc(-c2ccc(Br)cc2)n1C1CCCC1. The number of benzene rings is 1. The van der Waals surface area contributed by atoms with Crippen molar-refractivity contribution in [1.82, 2.24) is 9.55 Å². The van der Waals surface area contributed by atoms with Gasteiger partial charge in [0.1, 0.15) is 0 Å². The molecule has 0 atom stereocenters. The Labute approximate surface area is 115 Å². The van der Waals surface area contributed by atoms with E-state index in [2.05, 4.69) is 49.7 Å². The number of nitrogen functional groups attached to an aromatic ring is 1. The Hall–Kier alpha value is -1.29. The number of imidazole rings is 1. The highest BCUT2D eigenvalue weighted by atomic mass is 79.9. The number of hydrogen-bond donors (Lipinski definition) is 1. The Balaban J connectivity index is 2.04. The molecular weight excluding hydrogens is 290 g/mol. The van der Waals surface area contributed by atoms with Crippen LogP contribution in [0.2, 0.25) is 0 Å². The first-order valence-corrected chi connectivity index (χ1v) is 7.13. The lowest BCUT2D eigenvalue weighted by molar-refractivity contribution is 0.530. The molecule has 4 heteroatoms. The van der Waals surface area contributed by atoms with Crippen molar-refractivity contribution >= 4 is 21.9 Å². The average Bonchev–Trinajstić information content (AvgIpc) is 2.99. The Bertz CT molecular complexity index is 539. The summed E-state index contributed by atoms with van der Waals surface area (Å²) in [5.74, 6) is 0.639. The molecular formula is C14H16BrN3. The minimum absolute atomic E-state index is 0.520. The van der Waals surface area contributed by atoms with Gasteiger partial charge >= 0.3 is 0 Å². The fraction of sp³-hybridized carbons (Fsp3) is 0.357. The van der Waals surface area contributed by atoms with Crippen molar-refractivity contribution in [2.45, 2.75) is 31.7 Å². The molecule has 0 unspecified atom stereocenters. The van der Waals surface area contributed by atoms with Gasteiger partial charge in [-0.15, -0.1) is 0 Å². The zero-order valence-corrected chi connectivity index (χ0v) is 11.7. The molecule has 1 aliphatic carbocycles. The van der Waals surface area contributed by atoms with Crippen molar-refractivity contribution in [2.24, 2.45) is 0 Å². The number of halogens is 1. The summed E-state index contributed by atoms with van der Waals surface area (Å²) in [4.78, 5) is 4.29. The van der Waals surface area contributed by atoms with Gasteiger partial charge in [0.15, 0.2) is 0 Å². The van der Waals surface area contributed by atoms with E-state index in [0.29, 0.717) is 12.0 Å². The minimum Gasteiger partial charge on any atom is -0.369 e. The second-order valence-corrected chi connectivity index (χ2v) is 5.73. The monoisotopic (exact) mass is 305 g/mol. The molecule has 0 bridgehead atoms. The maximum Gasteiger partial charge on any atom is 0.200 e. The van der Waals surface area contributed by atoms with Crippen LogP contribution in [0.1, 0.15) is 31.7 Å². The minimum atomic E-state index is 0.520. The number of hydrogen-bond acceptors (Lipinski definition) is 2. The molecule has 3 rings (SSSR count). The average molecular weight is 306 g/mol. The highest BCUT2D eigenvalue weighted by molar-refractivity contribution is 9.10. The molecule has 18 heavy (non-hydrogen) atoms. The third kappa shape index (κ3) is 2.05. The fourth-order valence-electron chi connectivity index (χ4n) is 2.76. The van der Waals surface area contributed by atoms with E-state index in [1.54, 1.807) is 0 Å². The summed E-state index contributed by atoms with van der Waals surface area (Å²) in [5, 5.41) is 0. The smallest absolute Gasteiger partial charge is 0.200 e. The number of nitrogens with two attached hydrogens (primary N) is 1. The first-order chi connectivity index (χ1) is 8.75. The Kier molecular flexibility index (Phi) is 3.12. The van der Waals surface area contributed by atoms with Crippen LogP contribution in [-0.4, -0.2) is 9.55 Å². The molecule has 0 aliphatic heterocycles. The van der Waals surface area contributed by atoms with Crippen LogP contribution in [0.4, 0.5) is 5.95 Å². The summed E-state index contributed by atoms with van der Waals surface area (Å²) in [5.41, 5.74) is 8.34. The van der Waals surface area contributed by atoms with Gasteiger partial charge in [0.25, 0.3) is 0 Å².